The fourth-order valence-corrected chi connectivity index (χ4v) is 1.91. The fraction of sp³-hybridized carbons (Fsp3) is 0.214. The SMILES string of the molecule is CC(=O)c1ccccc1NC(=O)c1cn(C)nc1C. The average molecular weight is 257 g/mol. The van der Waals surface area contributed by atoms with Crippen molar-refractivity contribution in [2.75, 3.05) is 5.32 Å². The Morgan fingerprint density at radius 1 is 1.21 bits per heavy atom. The van der Waals surface area contributed by atoms with E-state index in [-0.39, 0.29) is 11.7 Å². The van der Waals surface area contributed by atoms with Gasteiger partial charge in [0, 0.05) is 18.8 Å². The van der Waals surface area contributed by atoms with Crippen LogP contribution in [0, 0.1) is 6.92 Å². The van der Waals surface area contributed by atoms with Crippen molar-refractivity contribution in [3.05, 3.63) is 47.3 Å². The molecule has 0 aliphatic heterocycles. The number of nitrogens with one attached hydrogen (secondary N) is 1. The first-order chi connectivity index (χ1) is 8.99. The van der Waals surface area contributed by atoms with Gasteiger partial charge in [0.25, 0.3) is 5.91 Å². The molecule has 0 saturated heterocycles. The van der Waals surface area contributed by atoms with Gasteiger partial charge in [0.15, 0.2) is 5.78 Å². The number of aromatic nitrogens is 2. The van der Waals surface area contributed by atoms with E-state index in [2.05, 4.69) is 10.4 Å². The number of hydrogen-bond donors (Lipinski definition) is 1. The molecule has 1 amide bonds. The second kappa shape index (κ2) is 5.06. The van der Waals surface area contributed by atoms with E-state index in [4.69, 9.17) is 0 Å². The second-order valence-electron chi connectivity index (χ2n) is 4.36. The molecule has 0 spiro atoms. The highest BCUT2D eigenvalue weighted by Gasteiger charge is 2.15. The molecule has 5 heteroatoms. The number of para-hydroxylation sites is 1. The Morgan fingerprint density at radius 3 is 2.47 bits per heavy atom. The van der Waals surface area contributed by atoms with Crippen molar-refractivity contribution in [1.82, 2.24) is 9.78 Å². The van der Waals surface area contributed by atoms with Gasteiger partial charge in [-0.15, -0.1) is 0 Å². The number of carbonyl (C=O) groups excluding carboxylic acids is 2. The maximum Gasteiger partial charge on any atom is 0.259 e. The molecule has 5 nitrogen and oxygen atoms in total. The monoisotopic (exact) mass is 257 g/mol. The minimum Gasteiger partial charge on any atom is -0.321 e. The normalized spacial score (nSPS) is 10.3. The van der Waals surface area contributed by atoms with E-state index >= 15 is 0 Å². The summed E-state index contributed by atoms with van der Waals surface area (Å²) in [5.74, 6) is -0.349. The standard InChI is InChI=1S/C14H15N3O2/c1-9-12(8-17(3)16-9)14(19)15-13-7-5-4-6-11(13)10(2)18/h4-8H,1-3H3,(H,15,19). The van der Waals surface area contributed by atoms with Crippen molar-refractivity contribution < 1.29 is 9.59 Å². The molecule has 0 unspecified atom stereocenters. The lowest BCUT2D eigenvalue weighted by Crippen LogP contribution is -2.14. The van der Waals surface area contributed by atoms with Crippen molar-refractivity contribution >= 4 is 17.4 Å². The first-order valence-corrected chi connectivity index (χ1v) is 5.90. The maximum atomic E-state index is 12.1. The minimum absolute atomic E-state index is 0.0844. The zero-order chi connectivity index (χ0) is 14.0. The quantitative estimate of drug-likeness (QED) is 0.857. The third-order valence-corrected chi connectivity index (χ3v) is 2.81. The Balaban J connectivity index is 2.29. The fourth-order valence-electron chi connectivity index (χ4n) is 1.91. The van der Waals surface area contributed by atoms with Gasteiger partial charge in [-0.2, -0.15) is 5.10 Å². The number of ketones is 1. The Hall–Kier alpha value is -2.43. The summed E-state index contributed by atoms with van der Waals surface area (Å²) in [6.07, 6.45) is 1.65. The Labute approximate surface area is 111 Å². The van der Waals surface area contributed by atoms with Gasteiger partial charge in [-0.1, -0.05) is 12.1 Å². The predicted molar refractivity (Wildman–Crippen MR) is 72.3 cm³/mol. The molecule has 0 bridgehead atoms. The average Bonchev–Trinajstić information content (AvgIpc) is 2.69. The number of Topliss-reactive ketones (excluding diaryl/α,β-unsaturated/α-hetero) is 1. The van der Waals surface area contributed by atoms with Gasteiger partial charge in [-0.3, -0.25) is 14.3 Å². The van der Waals surface area contributed by atoms with Crippen LogP contribution in [0.5, 0.6) is 0 Å². The van der Waals surface area contributed by atoms with E-state index in [0.717, 1.165) is 0 Å². The number of nitrogens with zero attached hydrogens (tertiary/aromatic N) is 2. The van der Waals surface area contributed by atoms with E-state index in [1.807, 2.05) is 0 Å². The van der Waals surface area contributed by atoms with Crippen LogP contribution in [0.2, 0.25) is 0 Å². The molecule has 0 aliphatic rings. The lowest BCUT2D eigenvalue weighted by Gasteiger charge is -2.08. The van der Waals surface area contributed by atoms with Crippen LogP contribution >= 0.6 is 0 Å². The Morgan fingerprint density at radius 2 is 1.89 bits per heavy atom. The number of rotatable bonds is 3. The van der Waals surface area contributed by atoms with E-state index in [1.165, 1.54) is 6.92 Å². The highest BCUT2D eigenvalue weighted by atomic mass is 16.2. The summed E-state index contributed by atoms with van der Waals surface area (Å²) in [4.78, 5) is 23.6. The third-order valence-electron chi connectivity index (χ3n) is 2.81. The summed E-state index contributed by atoms with van der Waals surface area (Å²) < 4.78 is 1.58. The molecule has 1 N–H and O–H groups in total. The number of anilines is 1. The molecular formula is C14H15N3O2. The van der Waals surface area contributed by atoms with Crippen molar-refractivity contribution in [3.8, 4) is 0 Å². The molecule has 98 valence electrons. The minimum atomic E-state index is -0.265. The molecule has 0 atom stereocenters. The molecule has 19 heavy (non-hydrogen) atoms. The molecule has 0 radical (unpaired) electrons. The van der Waals surface area contributed by atoms with Gasteiger partial charge in [0.2, 0.25) is 0 Å². The van der Waals surface area contributed by atoms with Gasteiger partial charge >= 0.3 is 0 Å². The van der Waals surface area contributed by atoms with Gasteiger partial charge in [-0.25, -0.2) is 0 Å². The van der Waals surface area contributed by atoms with Crippen LogP contribution in [0.3, 0.4) is 0 Å². The summed E-state index contributed by atoms with van der Waals surface area (Å²) >= 11 is 0. The molecule has 1 aromatic heterocycles. The van der Waals surface area contributed by atoms with Crippen LogP contribution in [-0.2, 0) is 7.05 Å². The molecule has 0 aliphatic carbocycles. The van der Waals surface area contributed by atoms with Crippen LogP contribution < -0.4 is 5.32 Å². The highest BCUT2D eigenvalue weighted by molar-refractivity contribution is 6.09. The zero-order valence-electron chi connectivity index (χ0n) is 11.1. The number of aryl methyl sites for hydroxylation is 2. The van der Waals surface area contributed by atoms with Crippen molar-refractivity contribution in [1.29, 1.82) is 0 Å². The van der Waals surface area contributed by atoms with E-state index in [0.29, 0.717) is 22.5 Å². The van der Waals surface area contributed by atoms with Crippen LogP contribution in [0.15, 0.2) is 30.5 Å². The summed E-state index contributed by atoms with van der Waals surface area (Å²) in [5.41, 5.74) is 2.17. The van der Waals surface area contributed by atoms with Crippen LogP contribution in [-0.4, -0.2) is 21.5 Å². The lowest BCUT2D eigenvalue weighted by molar-refractivity contribution is 0.101. The molecule has 1 heterocycles. The first kappa shape index (κ1) is 13.0. The van der Waals surface area contributed by atoms with Crippen LogP contribution in [0.1, 0.15) is 33.3 Å². The molecule has 1 aromatic carbocycles. The summed E-state index contributed by atoms with van der Waals surface area (Å²) in [6.45, 7) is 3.24. The molecule has 0 saturated carbocycles. The van der Waals surface area contributed by atoms with Crippen molar-refractivity contribution in [3.63, 3.8) is 0 Å². The summed E-state index contributed by atoms with van der Waals surface area (Å²) in [7, 11) is 1.76. The van der Waals surface area contributed by atoms with E-state index in [9.17, 15) is 9.59 Å². The van der Waals surface area contributed by atoms with E-state index < -0.39 is 0 Å². The topological polar surface area (TPSA) is 64.0 Å². The van der Waals surface area contributed by atoms with Gasteiger partial charge in [0.05, 0.1) is 16.9 Å². The number of hydrogen-bond acceptors (Lipinski definition) is 3. The smallest absolute Gasteiger partial charge is 0.259 e. The predicted octanol–water partition coefficient (Wildman–Crippen LogP) is 2.18. The maximum absolute atomic E-state index is 12.1. The Kier molecular flexibility index (Phi) is 3.46. The van der Waals surface area contributed by atoms with Crippen molar-refractivity contribution in [2.24, 2.45) is 7.05 Å². The van der Waals surface area contributed by atoms with E-state index in [1.54, 1.807) is 49.1 Å². The Bertz CT molecular complexity index is 644. The van der Waals surface area contributed by atoms with Gasteiger partial charge < -0.3 is 5.32 Å². The first-order valence-electron chi connectivity index (χ1n) is 5.90. The third kappa shape index (κ3) is 2.70. The molecule has 2 aromatic rings. The van der Waals surface area contributed by atoms with Gasteiger partial charge in [0.1, 0.15) is 0 Å². The van der Waals surface area contributed by atoms with Crippen LogP contribution in [0.25, 0.3) is 0 Å². The number of benzene rings is 1. The number of amides is 1. The second-order valence-corrected chi connectivity index (χ2v) is 4.36. The summed E-state index contributed by atoms with van der Waals surface area (Å²) in [6, 6.07) is 6.94. The largest absolute Gasteiger partial charge is 0.321 e. The lowest BCUT2D eigenvalue weighted by atomic mass is 10.1. The summed E-state index contributed by atoms with van der Waals surface area (Å²) in [5, 5.41) is 6.87. The molecule has 2 rings (SSSR count). The zero-order valence-corrected chi connectivity index (χ0v) is 11.1. The van der Waals surface area contributed by atoms with Crippen LogP contribution in [0.4, 0.5) is 5.69 Å². The van der Waals surface area contributed by atoms with Gasteiger partial charge in [-0.05, 0) is 26.0 Å². The molecule has 0 fully saturated rings. The number of carbonyl (C=O) groups is 2. The highest BCUT2D eigenvalue weighted by Crippen LogP contribution is 2.17. The van der Waals surface area contributed by atoms with Crippen molar-refractivity contribution in [2.45, 2.75) is 13.8 Å². The molecular weight excluding hydrogens is 242 g/mol.